The van der Waals surface area contributed by atoms with Crippen LogP contribution in [0.3, 0.4) is 0 Å². The van der Waals surface area contributed by atoms with Gasteiger partial charge >= 0.3 is 11.9 Å². The Kier molecular flexibility index (Phi) is 23.7. The van der Waals surface area contributed by atoms with E-state index in [4.69, 9.17) is 11.5 Å². The van der Waals surface area contributed by atoms with E-state index in [-0.39, 0.29) is 37.3 Å². The van der Waals surface area contributed by atoms with Gasteiger partial charge in [-0.2, -0.15) is 12.6 Å². The molecule has 0 saturated carbocycles. The smallest absolute Gasteiger partial charge is 0.326 e. The maximum atomic E-state index is 13.9. The molecule has 362 valence electrons. The number of phenolic OH excluding ortho intramolecular Hbond substituents is 1. The molecule has 2 rings (SSSR count). The van der Waals surface area contributed by atoms with Crippen LogP contribution in [-0.4, -0.2) is 165 Å². The predicted octanol–water partition coefficient (Wildman–Crippen LogP) is -4.43. The van der Waals surface area contributed by atoms with E-state index in [1.807, 2.05) is 0 Å². The number of nitrogens with one attached hydrogen (secondary N) is 7. The summed E-state index contributed by atoms with van der Waals surface area (Å²) in [5, 5.41) is 55.1. The molecule has 1 fully saturated rings. The van der Waals surface area contributed by atoms with Gasteiger partial charge in [0.1, 0.15) is 42.0 Å². The van der Waals surface area contributed by atoms with Gasteiger partial charge in [0, 0.05) is 18.7 Å². The van der Waals surface area contributed by atoms with Gasteiger partial charge in [0.15, 0.2) is 0 Å². The molecule has 65 heavy (non-hydrogen) atoms. The Balaban J connectivity index is 2.16. The number of hydrogen-bond acceptors (Lipinski definition) is 15. The highest BCUT2D eigenvalue weighted by molar-refractivity contribution is 7.80. The fourth-order valence-corrected chi connectivity index (χ4v) is 6.71. The van der Waals surface area contributed by atoms with Crippen LogP contribution in [0.4, 0.5) is 0 Å². The number of aliphatic hydroxyl groups is 1. The molecule has 1 heterocycles. The number of hydrogen-bond donors (Lipinski definition) is 14. The van der Waals surface area contributed by atoms with Crippen LogP contribution in [0, 0.1) is 5.92 Å². The summed E-state index contributed by atoms with van der Waals surface area (Å²) in [5.41, 5.74) is 11.6. The lowest BCUT2D eigenvalue weighted by Gasteiger charge is -2.29. The molecule has 1 aliphatic heterocycles. The van der Waals surface area contributed by atoms with E-state index >= 15 is 0 Å². The Morgan fingerprint density at radius 2 is 1.40 bits per heavy atom. The summed E-state index contributed by atoms with van der Waals surface area (Å²) in [5.74, 6) is -10.3. The number of aliphatic hydroxyl groups excluding tert-OH is 1. The lowest BCUT2D eigenvalue weighted by Crippen LogP contribution is -2.58. The normalized spacial score (nSPS) is 16.5. The number of carboxylic acids is 2. The van der Waals surface area contributed by atoms with Crippen LogP contribution in [0.25, 0.3) is 0 Å². The third-order valence-corrected chi connectivity index (χ3v) is 10.8. The number of nitrogens with zero attached hydrogens (tertiary/aromatic N) is 1. The van der Waals surface area contributed by atoms with E-state index in [2.05, 4.69) is 49.8 Å². The number of benzene rings is 1. The first-order valence-electron chi connectivity index (χ1n) is 21.0. The highest BCUT2D eigenvalue weighted by Crippen LogP contribution is 2.20. The number of phenols is 1. The van der Waals surface area contributed by atoms with Crippen LogP contribution >= 0.6 is 12.6 Å². The van der Waals surface area contributed by atoms with Crippen molar-refractivity contribution in [2.75, 3.05) is 38.5 Å². The first kappa shape index (κ1) is 55.1. The fraction of sp³-hybridized carbons (Fsp3) is 0.600. The van der Waals surface area contributed by atoms with Crippen molar-refractivity contribution in [1.29, 1.82) is 0 Å². The molecule has 1 aliphatic rings. The Hall–Kier alpha value is -6.05. The summed E-state index contributed by atoms with van der Waals surface area (Å²) in [6.07, 6.45) is 0.844. The summed E-state index contributed by atoms with van der Waals surface area (Å²) in [6, 6.07) is -3.67. The number of rotatable bonds is 28. The van der Waals surface area contributed by atoms with Crippen molar-refractivity contribution in [3.63, 3.8) is 0 Å². The number of carbonyl (C=O) groups is 10. The second-order valence-corrected chi connectivity index (χ2v) is 15.8. The molecule has 0 aliphatic carbocycles. The third-order valence-electron chi connectivity index (χ3n) is 10.4. The van der Waals surface area contributed by atoms with Crippen molar-refractivity contribution < 1.29 is 68.4 Å². The molecular weight excluding hydrogens is 877 g/mol. The van der Waals surface area contributed by atoms with Gasteiger partial charge in [-0.25, -0.2) is 4.79 Å². The quantitative estimate of drug-likeness (QED) is 0.0278. The molecule has 0 unspecified atom stereocenters. The van der Waals surface area contributed by atoms with Gasteiger partial charge < -0.3 is 74.0 Å². The van der Waals surface area contributed by atoms with E-state index < -0.39 is 134 Å². The lowest BCUT2D eigenvalue weighted by atomic mass is 9.97. The maximum absolute atomic E-state index is 13.9. The number of carboxylic acid groups (broad SMARTS) is 2. The van der Waals surface area contributed by atoms with Gasteiger partial charge in [0.2, 0.25) is 47.3 Å². The van der Waals surface area contributed by atoms with Gasteiger partial charge in [-0.1, -0.05) is 32.4 Å². The van der Waals surface area contributed by atoms with Gasteiger partial charge in [0.25, 0.3) is 0 Å². The summed E-state index contributed by atoms with van der Waals surface area (Å²) in [7, 11) is 0. The Bertz CT molecular complexity index is 1840. The number of unbranched alkanes of at least 4 members (excludes halogenated alkanes) is 1. The first-order valence-corrected chi connectivity index (χ1v) is 21.6. The van der Waals surface area contributed by atoms with E-state index in [0.29, 0.717) is 37.8 Å². The second-order valence-electron chi connectivity index (χ2n) is 15.4. The molecule has 8 atom stereocenters. The predicted molar refractivity (Wildman–Crippen MR) is 233 cm³/mol. The second kappa shape index (κ2) is 28.0. The molecule has 15 N–H and O–H groups in total. The van der Waals surface area contributed by atoms with Crippen molar-refractivity contribution in [1.82, 2.24) is 42.1 Å². The number of carbonyl (C=O) groups excluding carboxylic acids is 8. The van der Waals surface area contributed by atoms with Crippen LogP contribution in [0.15, 0.2) is 24.3 Å². The first-order chi connectivity index (χ1) is 30.8. The highest BCUT2D eigenvalue weighted by Gasteiger charge is 2.39. The van der Waals surface area contributed by atoms with Crippen molar-refractivity contribution >= 4 is 71.8 Å². The van der Waals surface area contributed by atoms with Gasteiger partial charge in [-0.15, -0.1) is 0 Å². The minimum absolute atomic E-state index is 0.0454. The van der Waals surface area contributed by atoms with Crippen molar-refractivity contribution in [3.8, 4) is 5.75 Å². The summed E-state index contributed by atoms with van der Waals surface area (Å²) in [6.45, 7) is 1.42. The standard InChI is InChI=1S/C40H62N10O14S/c1-3-21(2)33(38(61)44-18-31(54)46-28(19-51)36(59)47-25(40(63)64)7-4-5-13-41)49-35(58)26(15-22-9-11-23(52)12-10-22)45-30(53)17-43-37(60)29-8-6-14-50(29)39(62)27(16-32(55)56)48-34(57)24(42)20-65/h9-12,21,24-29,33,51-52,65H,3-8,13-20,41-42H2,1-2H3,(H,43,60)(H,44,61)(H,45,53)(H,46,54)(H,47,59)(H,48,57)(H,49,58)(H,55,56)(H,63,64)/t21-,24-,25-,26-,27-,28-,29-,33-/m0/s1. The molecule has 0 radical (unpaired) electrons. The minimum Gasteiger partial charge on any atom is -0.508 e. The summed E-state index contributed by atoms with van der Waals surface area (Å²) < 4.78 is 0. The fourth-order valence-electron chi connectivity index (χ4n) is 6.54. The number of amides is 8. The zero-order chi connectivity index (χ0) is 48.8. The van der Waals surface area contributed by atoms with Crippen molar-refractivity contribution in [3.05, 3.63) is 29.8 Å². The SMILES string of the molecule is CC[C@H](C)[C@H](NC(=O)[C@H](Cc1ccc(O)cc1)NC(=O)CNC(=O)[C@@H]1CCCN1C(=O)[C@H](CC(=O)O)NC(=O)[C@@H](N)CS)C(=O)NCC(=O)N[C@@H](CO)C(=O)N[C@@H](CCCCN)C(=O)O. The number of likely N-dealkylation sites (tertiary alicyclic amines) is 1. The van der Waals surface area contributed by atoms with Crippen LogP contribution < -0.4 is 48.7 Å². The number of aromatic hydroxyl groups is 1. The van der Waals surface area contributed by atoms with E-state index in [1.54, 1.807) is 13.8 Å². The summed E-state index contributed by atoms with van der Waals surface area (Å²) in [4.78, 5) is 130. The monoisotopic (exact) mass is 938 g/mol. The van der Waals surface area contributed by atoms with Gasteiger partial charge in [-0.05, 0) is 62.3 Å². The van der Waals surface area contributed by atoms with Crippen LogP contribution in [-0.2, 0) is 54.4 Å². The van der Waals surface area contributed by atoms with Gasteiger partial charge in [0.05, 0.1) is 32.2 Å². The Morgan fingerprint density at radius 1 is 0.800 bits per heavy atom. The molecule has 0 spiro atoms. The third kappa shape index (κ3) is 18.5. The number of aliphatic carboxylic acids is 2. The molecule has 1 aromatic carbocycles. The zero-order valence-electron chi connectivity index (χ0n) is 36.2. The lowest BCUT2D eigenvalue weighted by molar-refractivity contribution is -0.146. The van der Waals surface area contributed by atoms with E-state index in [1.165, 1.54) is 24.3 Å². The van der Waals surface area contributed by atoms with Crippen LogP contribution in [0.1, 0.15) is 64.4 Å². The molecule has 0 aromatic heterocycles. The Morgan fingerprint density at radius 3 is 1.97 bits per heavy atom. The number of thiol groups is 1. The van der Waals surface area contributed by atoms with Gasteiger partial charge in [-0.3, -0.25) is 43.2 Å². The van der Waals surface area contributed by atoms with Crippen LogP contribution in [0.5, 0.6) is 5.75 Å². The average molecular weight is 939 g/mol. The maximum Gasteiger partial charge on any atom is 0.326 e. The molecule has 24 nitrogen and oxygen atoms in total. The van der Waals surface area contributed by atoms with E-state index in [9.17, 15) is 68.4 Å². The highest BCUT2D eigenvalue weighted by atomic mass is 32.1. The summed E-state index contributed by atoms with van der Waals surface area (Å²) >= 11 is 3.94. The van der Waals surface area contributed by atoms with Crippen LogP contribution in [0.2, 0.25) is 0 Å². The van der Waals surface area contributed by atoms with Crippen molar-refractivity contribution in [2.24, 2.45) is 17.4 Å². The van der Waals surface area contributed by atoms with E-state index in [0.717, 1.165) is 4.90 Å². The Labute approximate surface area is 380 Å². The average Bonchev–Trinajstić information content (AvgIpc) is 3.77. The van der Waals surface area contributed by atoms with Crippen molar-refractivity contribution in [2.45, 2.75) is 108 Å². The molecular formula is C40H62N10O14S. The molecule has 25 heteroatoms. The largest absolute Gasteiger partial charge is 0.508 e. The topological polar surface area (TPSA) is 391 Å². The molecule has 0 bridgehead atoms. The molecule has 1 saturated heterocycles. The molecule has 8 amide bonds. The number of nitrogens with two attached hydrogens (primary N) is 2. The zero-order valence-corrected chi connectivity index (χ0v) is 37.1. The molecule has 1 aromatic rings. The minimum atomic E-state index is -1.56.